The first-order valence-corrected chi connectivity index (χ1v) is 6.77. The summed E-state index contributed by atoms with van der Waals surface area (Å²) in [4.78, 5) is 13.6. The van der Waals surface area contributed by atoms with Gasteiger partial charge < -0.3 is 5.11 Å². The van der Waals surface area contributed by atoms with Crippen LogP contribution in [0.1, 0.15) is 48.5 Å². The number of carboxylic acid groups (broad SMARTS) is 1. The van der Waals surface area contributed by atoms with Crippen LogP contribution in [0.2, 0.25) is 0 Å². The van der Waals surface area contributed by atoms with Crippen LogP contribution in [-0.4, -0.2) is 28.6 Å². The van der Waals surface area contributed by atoms with Crippen LogP contribution in [-0.2, 0) is 6.54 Å². The molecule has 0 radical (unpaired) electrons. The average molecular weight is 247 g/mol. The average Bonchev–Trinajstić information content (AvgIpc) is 2.90. The lowest BCUT2D eigenvalue weighted by molar-refractivity contribution is 0.0693. The maximum atomic E-state index is 11.2. The molecule has 1 fully saturated rings. The Hall–Kier alpha value is -1.35. The predicted octanol–water partition coefficient (Wildman–Crippen LogP) is 3.15. The van der Waals surface area contributed by atoms with Crippen LogP contribution < -0.4 is 0 Å². The van der Waals surface area contributed by atoms with Crippen LogP contribution in [0, 0.1) is 0 Å². The molecule has 0 atom stereocenters. The minimum atomic E-state index is -0.826. The van der Waals surface area contributed by atoms with Gasteiger partial charge in [0, 0.05) is 12.6 Å². The maximum absolute atomic E-state index is 11.2. The first-order chi connectivity index (χ1) is 8.72. The Morgan fingerprint density at radius 1 is 1.33 bits per heavy atom. The SMILES string of the molecule is CCN(Cc1ccccc1C(=O)O)C1CCCC1. The third-order valence-electron chi connectivity index (χ3n) is 3.87. The van der Waals surface area contributed by atoms with E-state index in [1.165, 1.54) is 25.7 Å². The monoisotopic (exact) mass is 247 g/mol. The molecule has 0 aromatic heterocycles. The van der Waals surface area contributed by atoms with Crippen molar-refractivity contribution in [2.45, 2.75) is 45.2 Å². The first-order valence-electron chi connectivity index (χ1n) is 6.77. The first kappa shape index (κ1) is 13.1. The van der Waals surface area contributed by atoms with Gasteiger partial charge in [0.15, 0.2) is 0 Å². The van der Waals surface area contributed by atoms with Crippen LogP contribution in [0.4, 0.5) is 0 Å². The molecule has 0 saturated heterocycles. The number of aromatic carboxylic acids is 1. The van der Waals surface area contributed by atoms with Gasteiger partial charge in [0.1, 0.15) is 0 Å². The second kappa shape index (κ2) is 6.01. The molecule has 18 heavy (non-hydrogen) atoms. The van der Waals surface area contributed by atoms with Crippen molar-refractivity contribution in [3.8, 4) is 0 Å². The van der Waals surface area contributed by atoms with Gasteiger partial charge in [-0.25, -0.2) is 4.79 Å². The number of hydrogen-bond donors (Lipinski definition) is 1. The van der Waals surface area contributed by atoms with Gasteiger partial charge in [-0.15, -0.1) is 0 Å². The summed E-state index contributed by atoms with van der Waals surface area (Å²) in [6.45, 7) is 3.89. The fourth-order valence-electron chi connectivity index (χ4n) is 2.85. The number of hydrogen-bond acceptors (Lipinski definition) is 2. The number of rotatable bonds is 5. The molecule has 1 saturated carbocycles. The smallest absolute Gasteiger partial charge is 0.336 e. The van der Waals surface area contributed by atoms with Gasteiger partial charge in [0.05, 0.1) is 5.56 Å². The third kappa shape index (κ3) is 2.91. The van der Waals surface area contributed by atoms with Gasteiger partial charge in [-0.2, -0.15) is 0 Å². The summed E-state index contributed by atoms with van der Waals surface area (Å²) < 4.78 is 0. The van der Waals surface area contributed by atoms with Gasteiger partial charge in [-0.1, -0.05) is 38.0 Å². The summed E-state index contributed by atoms with van der Waals surface area (Å²) >= 11 is 0. The van der Waals surface area contributed by atoms with Crippen molar-refractivity contribution in [2.24, 2.45) is 0 Å². The van der Waals surface area contributed by atoms with Gasteiger partial charge in [-0.05, 0) is 31.0 Å². The van der Waals surface area contributed by atoms with Gasteiger partial charge in [0.2, 0.25) is 0 Å². The van der Waals surface area contributed by atoms with Crippen molar-refractivity contribution in [3.05, 3.63) is 35.4 Å². The molecular weight excluding hydrogens is 226 g/mol. The van der Waals surface area contributed by atoms with Crippen LogP contribution in [0.5, 0.6) is 0 Å². The zero-order chi connectivity index (χ0) is 13.0. The van der Waals surface area contributed by atoms with Crippen LogP contribution in [0.3, 0.4) is 0 Å². The zero-order valence-electron chi connectivity index (χ0n) is 10.9. The topological polar surface area (TPSA) is 40.5 Å². The lowest BCUT2D eigenvalue weighted by Crippen LogP contribution is -2.33. The number of carboxylic acids is 1. The lowest BCUT2D eigenvalue weighted by atomic mass is 10.1. The molecule has 3 nitrogen and oxygen atoms in total. The highest BCUT2D eigenvalue weighted by atomic mass is 16.4. The van der Waals surface area contributed by atoms with Crippen molar-refractivity contribution in [1.29, 1.82) is 0 Å². The molecule has 0 heterocycles. The maximum Gasteiger partial charge on any atom is 0.336 e. The van der Waals surface area contributed by atoms with Crippen molar-refractivity contribution in [3.63, 3.8) is 0 Å². The molecule has 98 valence electrons. The molecule has 0 aliphatic heterocycles. The number of carbonyl (C=O) groups is 1. The highest BCUT2D eigenvalue weighted by Gasteiger charge is 2.22. The van der Waals surface area contributed by atoms with Gasteiger partial charge >= 0.3 is 5.97 Å². The quantitative estimate of drug-likeness (QED) is 0.869. The normalized spacial score (nSPS) is 16.3. The van der Waals surface area contributed by atoms with Crippen molar-refractivity contribution < 1.29 is 9.90 Å². The molecule has 0 spiro atoms. The van der Waals surface area contributed by atoms with E-state index in [4.69, 9.17) is 0 Å². The lowest BCUT2D eigenvalue weighted by Gasteiger charge is -2.27. The van der Waals surface area contributed by atoms with E-state index in [1.54, 1.807) is 12.1 Å². The van der Waals surface area contributed by atoms with E-state index in [9.17, 15) is 9.90 Å². The number of benzene rings is 1. The summed E-state index contributed by atoms with van der Waals surface area (Å²) in [6, 6.07) is 7.97. The van der Waals surface area contributed by atoms with Crippen LogP contribution in [0.15, 0.2) is 24.3 Å². The standard InChI is InChI=1S/C15H21NO2/c1-2-16(13-8-4-5-9-13)11-12-7-3-6-10-14(12)15(17)18/h3,6-7,10,13H,2,4-5,8-9,11H2,1H3,(H,17,18). The Kier molecular flexibility index (Phi) is 4.37. The van der Waals surface area contributed by atoms with E-state index < -0.39 is 5.97 Å². The van der Waals surface area contributed by atoms with Gasteiger partial charge in [0.25, 0.3) is 0 Å². The minimum Gasteiger partial charge on any atom is -0.478 e. The van der Waals surface area contributed by atoms with E-state index in [1.807, 2.05) is 12.1 Å². The second-order valence-electron chi connectivity index (χ2n) is 4.96. The van der Waals surface area contributed by atoms with Gasteiger partial charge in [-0.3, -0.25) is 4.90 Å². The van der Waals surface area contributed by atoms with Crippen molar-refractivity contribution in [1.82, 2.24) is 4.90 Å². The number of nitrogens with zero attached hydrogens (tertiary/aromatic N) is 1. The molecule has 1 aromatic rings. The second-order valence-corrected chi connectivity index (χ2v) is 4.96. The molecule has 3 heteroatoms. The molecule has 1 aliphatic carbocycles. The molecule has 1 aliphatic rings. The van der Waals surface area contributed by atoms with E-state index in [0.29, 0.717) is 11.6 Å². The minimum absolute atomic E-state index is 0.439. The Bertz CT molecular complexity index is 411. The molecule has 1 N–H and O–H groups in total. The van der Waals surface area contributed by atoms with Crippen LogP contribution in [0.25, 0.3) is 0 Å². The molecule has 1 aromatic carbocycles. The molecule has 0 amide bonds. The Morgan fingerprint density at radius 2 is 2.00 bits per heavy atom. The van der Waals surface area contributed by atoms with E-state index in [0.717, 1.165) is 18.7 Å². The molecule has 2 rings (SSSR count). The van der Waals surface area contributed by atoms with E-state index >= 15 is 0 Å². The Morgan fingerprint density at radius 3 is 2.61 bits per heavy atom. The summed E-state index contributed by atoms with van der Waals surface area (Å²) in [5.41, 5.74) is 1.37. The summed E-state index contributed by atoms with van der Waals surface area (Å²) in [7, 11) is 0. The van der Waals surface area contributed by atoms with E-state index in [2.05, 4.69) is 11.8 Å². The predicted molar refractivity (Wildman–Crippen MR) is 71.7 cm³/mol. The van der Waals surface area contributed by atoms with Crippen molar-refractivity contribution >= 4 is 5.97 Å². The van der Waals surface area contributed by atoms with Crippen LogP contribution >= 0.6 is 0 Å². The largest absolute Gasteiger partial charge is 0.478 e. The highest BCUT2D eigenvalue weighted by molar-refractivity contribution is 5.89. The zero-order valence-corrected chi connectivity index (χ0v) is 10.9. The fraction of sp³-hybridized carbons (Fsp3) is 0.533. The highest BCUT2D eigenvalue weighted by Crippen LogP contribution is 2.25. The summed E-state index contributed by atoms with van der Waals surface area (Å²) in [5.74, 6) is -0.826. The summed E-state index contributed by atoms with van der Waals surface area (Å²) in [6.07, 6.45) is 5.12. The molecular formula is C15H21NO2. The third-order valence-corrected chi connectivity index (χ3v) is 3.87. The Balaban J connectivity index is 2.13. The summed E-state index contributed by atoms with van der Waals surface area (Å²) in [5, 5.41) is 9.20. The van der Waals surface area contributed by atoms with Crippen molar-refractivity contribution in [2.75, 3.05) is 6.54 Å². The molecule has 0 bridgehead atoms. The van der Waals surface area contributed by atoms with E-state index in [-0.39, 0.29) is 0 Å². The molecule has 0 unspecified atom stereocenters. The Labute approximate surface area is 108 Å². The fourth-order valence-corrected chi connectivity index (χ4v) is 2.85.